The lowest BCUT2D eigenvalue weighted by Gasteiger charge is -2.13. The molecule has 1 aliphatic rings. The van der Waals surface area contributed by atoms with Crippen LogP contribution in [0.5, 0.6) is 0 Å². The number of hydrogen-bond acceptors (Lipinski definition) is 2. The van der Waals surface area contributed by atoms with Crippen molar-refractivity contribution in [3.8, 4) is 0 Å². The van der Waals surface area contributed by atoms with Crippen molar-refractivity contribution in [2.24, 2.45) is 0 Å². The second-order valence-electron chi connectivity index (χ2n) is 3.92. The maximum Gasteiger partial charge on any atom is 0.0552 e. The first-order valence-electron chi connectivity index (χ1n) is 5.03. The van der Waals surface area contributed by atoms with Crippen molar-refractivity contribution in [2.75, 3.05) is 0 Å². The van der Waals surface area contributed by atoms with E-state index in [2.05, 4.69) is 5.38 Å². The van der Waals surface area contributed by atoms with Gasteiger partial charge >= 0.3 is 0 Å². The lowest BCUT2D eigenvalue weighted by Crippen LogP contribution is -2.07. The van der Waals surface area contributed by atoms with Gasteiger partial charge in [-0.15, -0.1) is 11.3 Å². The molecule has 2 rings (SSSR count). The highest BCUT2D eigenvalue weighted by atomic mass is 32.1. The summed E-state index contributed by atoms with van der Waals surface area (Å²) in [6.07, 6.45) is 5.82. The average molecular weight is 196 g/mol. The van der Waals surface area contributed by atoms with Crippen molar-refractivity contribution in [1.82, 2.24) is 0 Å². The Hall–Kier alpha value is -0.340. The standard InChI is InChI=1S/C11H16OS/c1-8(12)6-9-7-13-11-5-3-2-4-10(9)11/h7-8,12H,2-6H2,1H3. The SMILES string of the molecule is CC(O)Cc1csc2c1CCCC2. The van der Waals surface area contributed by atoms with E-state index < -0.39 is 0 Å². The first-order valence-corrected chi connectivity index (χ1v) is 5.91. The van der Waals surface area contributed by atoms with E-state index in [0.717, 1.165) is 6.42 Å². The molecule has 0 saturated heterocycles. The van der Waals surface area contributed by atoms with Crippen molar-refractivity contribution in [3.05, 3.63) is 21.4 Å². The maximum atomic E-state index is 9.33. The summed E-state index contributed by atoms with van der Waals surface area (Å²) in [4.78, 5) is 1.57. The van der Waals surface area contributed by atoms with Crippen LogP contribution in [-0.2, 0) is 19.3 Å². The fourth-order valence-electron chi connectivity index (χ4n) is 2.05. The molecule has 0 bridgehead atoms. The van der Waals surface area contributed by atoms with Crippen molar-refractivity contribution >= 4 is 11.3 Å². The van der Waals surface area contributed by atoms with Gasteiger partial charge in [0.15, 0.2) is 0 Å². The molecule has 0 fully saturated rings. The molecular weight excluding hydrogens is 180 g/mol. The van der Waals surface area contributed by atoms with E-state index in [-0.39, 0.29) is 6.10 Å². The number of aliphatic hydroxyl groups excluding tert-OH is 1. The highest BCUT2D eigenvalue weighted by Gasteiger charge is 2.15. The van der Waals surface area contributed by atoms with E-state index in [9.17, 15) is 5.11 Å². The molecule has 1 heterocycles. The number of thiophene rings is 1. The highest BCUT2D eigenvalue weighted by Crippen LogP contribution is 2.30. The minimum atomic E-state index is -0.194. The third kappa shape index (κ3) is 1.94. The summed E-state index contributed by atoms with van der Waals surface area (Å²) in [7, 11) is 0. The van der Waals surface area contributed by atoms with Crippen LogP contribution in [0, 0.1) is 0 Å². The summed E-state index contributed by atoms with van der Waals surface area (Å²) in [5.41, 5.74) is 2.95. The van der Waals surface area contributed by atoms with Crippen LogP contribution in [0.1, 0.15) is 35.8 Å². The molecular formula is C11H16OS. The van der Waals surface area contributed by atoms with Gasteiger partial charge in [-0.05, 0) is 55.5 Å². The summed E-state index contributed by atoms with van der Waals surface area (Å²) in [5.74, 6) is 0. The Labute approximate surface area is 83.4 Å². The summed E-state index contributed by atoms with van der Waals surface area (Å²) in [6, 6.07) is 0. The van der Waals surface area contributed by atoms with Crippen molar-refractivity contribution in [2.45, 2.75) is 45.1 Å². The normalized spacial score (nSPS) is 18.3. The molecule has 0 amide bonds. The Kier molecular flexibility index (Phi) is 2.70. The number of fused-ring (bicyclic) bond motifs is 1. The zero-order chi connectivity index (χ0) is 9.26. The molecule has 1 aliphatic carbocycles. The van der Waals surface area contributed by atoms with E-state index in [1.165, 1.54) is 31.2 Å². The molecule has 1 nitrogen and oxygen atoms in total. The second-order valence-corrected chi connectivity index (χ2v) is 4.89. The molecule has 1 N–H and O–H groups in total. The largest absolute Gasteiger partial charge is 0.393 e. The van der Waals surface area contributed by atoms with Gasteiger partial charge in [0, 0.05) is 4.88 Å². The Morgan fingerprint density at radius 1 is 1.46 bits per heavy atom. The molecule has 0 saturated carbocycles. The fraction of sp³-hybridized carbons (Fsp3) is 0.636. The summed E-state index contributed by atoms with van der Waals surface area (Å²) in [6.45, 7) is 1.87. The van der Waals surface area contributed by atoms with E-state index in [1.54, 1.807) is 10.4 Å². The minimum Gasteiger partial charge on any atom is -0.393 e. The molecule has 0 aliphatic heterocycles. The van der Waals surface area contributed by atoms with Crippen LogP contribution in [0.15, 0.2) is 5.38 Å². The number of hydrogen-bond donors (Lipinski definition) is 1. The van der Waals surface area contributed by atoms with E-state index in [1.807, 2.05) is 18.3 Å². The van der Waals surface area contributed by atoms with Gasteiger partial charge in [0.1, 0.15) is 0 Å². The summed E-state index contributed by atoms with van der Waals surface area (Å²) < 4.78 is 0. The maximum absolute atomic E-state index is 9.33. The van der Waals surface area contributed by atoms with Crippen LogP contribution < -0.4 is 0 Å². The lowest BCUT2D eigenvalue weighted by molar-refractivity contribution is 0.195. The van der Waals surface area contributed by atoms with Crippen LogP contribution in [-0.4, -0.2) is 11.2 Å². The van der Waals surface area contributed by atoms with Crippen molar-refractivity contribution < 1.29 is 5.11 Å². The van der Waals surface area contributed by atoms with Crippen molar-refractivity contribution in [3.63, 3.8) is 0 Å². The first-order chi connectivity index (χ1) is 6.27. The smallest absolute Gasteiger partial charge is 0.0552 e. The Balaban J connectivity index is 2.21. The second kappa shape index (κ2) is 3.81. The van der Waals surface area contributed by atoms with Gasteiger partial charge in [0.25, 0.3) is 0 Å². The molecule has 2 heteroatoms. The number of aryl methyl sites for hydroxylation is 1. The summed E-state index contributed by atoms with van der Waals surface area (Å²) in [5, 5.41) is 11.6. The third-order valence-corrected chi connectivity index (χ3v) is 3.80. The Morgan fingerprint density at radius 3 is 3.00 bits per heavy atom. The Morgan fingerprint density at radius 2 is 2.23 bits per heavy atom. The average Bonchev–Trinajstić information content (AvgIpc) is 2.48. The minimum absolute atomic E-state index is 0.194. The van der Waals surface area contributed by atoms with Gasteiger partial charge in [-0.2, -0.15) is 0 Å². The Bertz CT molecular complexity index is 288. The van der Waals surface area contributed by atoms with E-state index >= 15 is 0 Å². The molecule has 0 aromatic carbocycles. The van der Waals surface area contributed by atoms with Crippen LogP contribution in [0.2, 0.25) is 0 Å². The molecule has 1 aromatic heterocycles. The first kappa shape index (κ1) is 9.22. The zero-order valence-electron chi connectivity index (χ0n) is 8.05. The molecule has 1 aromatic rings. The predicted molar refractivity (Wildman–Crippen MR) is 56.3 cm³/mol. The van der Waals surface area contributed by atoms with Gasteiger partial charge in [-0.25, -0.2) is 0 Å². The molecule has 0 radical (unpaired) electrons. The van der Waals surface area contributed by atoms with Crippen LogP contribution in [0.25, 0.3) is 0 Å². The van der Waals surface area contributed by atoms with E-state index in [0.29, 0.717) is 0 Å². The molecule has 72 valence electrons. The van der Waals surface area contributed by atoms with Crippen molar-refractivity contribution in [1.29, 1.82) is 0 Å². The number of rotatable bonds is 2. The number of aliphatic hydroxyl groups is 1. The molecule has 1 atom stereocenters. The molecule has 1 unspecified atom stereocenters. The van der Waals surface area contributed by atoms with E-state index in [4.69, 9.17) is 0 Å². The fourth-order valence-corrected chi connectivity index (χ4v) is 3.21. The quantitative estimate of drug-likeness (QED) is 0.770. The summed E-state index contributed by atoms with van der Waals surface area (Å²) >= 11 is 1.88. The predicted octanol–water partition coefficient (Wildman–Crippen LogP) is 2.55. The van der Waals surface area contributed by atoms with Crippen LogP contribution >= 0.6 is 11.3 Å². The van der Waals surface area contributed by atoms with Gasteiger partial charge in [0.2, 0.25) is 0 Å². The monoisotopic (exact) mass is 196 g/mol. The van der Waals surface area contributed by atoms with Gasteiger partial charge in [0.05, 0.1) is 6.10 Å². The molecule has 13 heavy (non-hydrogen) atoms. The zero-order valence-corrected chi connectivity index (χ0v) is 8.86. The lowest BCUT2D eigenvalue weighted by atomic mass is 9.94. The van der Waals surface area contributed by atoms with Crippen LogP contribution in [0.4, 0.5) is 0 Å². The van der Waals surface area contributed by atoms with Gasteiger partial charge in [-0.1, -0.05) is 0 Å². The molecule has 0 spiro atoms. The van der Waals surface area contributed by atoms with Crippen LogP contribution in [0.3, 0.4) is 0 Å². The topological polar surface area (TPSA) is 20.2 Å². The van der Waals surface area contributed by atoms with Gasteiger partial charge < -0.3 is 5.11 Å². The highest BCUT2D eigenvalue weighted by molar-refractivity contribution is 7.10. The third-order valence-electron chi connectivity index (χ3n) is 2.66. The van der Waals surface area contributed by atoms with Gasteiger partial charge in [-0.3, -0.25) is 0 Å².